The molecular formula is C22H22N4O2. The second kappa shape index (κ2) is 6.80. The van der Waals surface area contributed by atoms with Crippen molar-refractivity contribution in [1.82, 2.24) is 14.5 Å². The molecule has 4 aromatic rings. The number of aromatic nitrogens is 2. The van der Waals surface area contributed by atoms with Crippen LogP contribution in [0.2, 0.25) is 0 Å². The highest BCUT2D eigenvalue weighted by Crippen LogP contribution is 2.26. The summed E-state index contributed by atoms with van der Waals surface area (Å²) in [6.07, 6.45) is 3.51. The van der Waals surface area contributed by atoms with Crippen molar-refractivity contribution in [2.45, 2.75) is 6.54 Å². The summed E-state index contributed by atoms with van der Waals surface area (Å²) in [6, 6.07) is 13.9. The second-order valence-corrected chi connectivity index (χ2v) is 7.32. The van der Waals surface area contributed by atoms with Crippen LogP contribution in [0.15, 0.2) is 64.1 Å². The van der Waals surface area contributed by atoms with Crippen LogP contribution in [0.5, 0.6) is 0 Å². The first kappa shape index (κ1) is 17.0. The molecule has 0 atom stereocenters. The summed E-state index contributed by atoms with van der Waals surface area (Å²) in [6.45, 7) is 4.23. The number of nitrogens with zero attached hydrogens (tertiary/aromatic N) is 4. The SMILES string of the molecule is Cn1c(=O)c(CN2CCN(c3nccc4occc34)CC2)cc2ccccc21. The highest BCUT2D eigenvalue weighted by atomic mass is 16.3. The van der Waals surface area contributed by atoms with E-state index in [0.717, 1.165) is 59.4 Å². The van der Waals surface area contributed by atoms with Crippen molar-refractivity contribution in [1.29, 1.82) is 0 Å². The van der Waals surface area contributed by atoms with Gasteiger partial charge in [0.25, 0.3) is 5.56 Å². The zero-order valence-corrected chi connectivity index (χ0v) is 15.8. The number of aryl methyl sites for hydroxylation is 1. The Hall–Kier alpha value is -3.12. The number of benzene rings is 1. The lowest BCUT2D eigenvalue weighted by atomic mass is 10.1. The number of para-hydroxylation sites is 1. The molecule has 28 heavy (non-hydrogen) atoms. The Balaban J connectivity index is 1.34. The van der Waals surface area contributed by atoms with Crippen molar-refractivity contribution < 1.29 is 4.42 Å². The normalized spacial score (nSPS) is 15.5. The summed E-state index contributed by atoms with van der Waals surface area (Å²) in [5.74, 6) is 0.979. The molecule has 0 N–H and O–H groups in total. The third-order valence-electron chi connectivity index (χ3n) is 5.63. The van der Waals surface area contributed by atoms with Crippen molar-refractivity contribution in [3.63, 3.8) is 0 Å². The molecule has 6 nitrogen and oxygen atoms in total. The van der Waals surface area contributed by atoms with Gasteiger partial charge in [-0.3, -0.25) is 9.69 Å². The number of piperazine rings is 1. The van der Waals surface area contributed by atoms with Crippen molar-refractivity contribution in [2.24, 2.45) is 7.05 Å². The molecule has 142 valence electrons. The van der Waals surface area contributed by atoms with E-state index in [2.05, 4.69) is 20.9 Å². The predicted molar refractivity (Wildman–Crippen MR) is 111 cm³/mol. The molecule has 0 amide bonds. The van der Waals surface area contributed by atoms with Crippen LogP contribution < -0.4 is 10.5 Å². The molecule has 5 rings (SSSR count). The average Bonchev–Trinajstić information content (AvgIpc) is 3.21. The quantitative estimate of drug-likeness (QED) is 0.552. The third-order valence-corrected chi connectivity index (χ3v) is 5.63. The van der Waals surface area contributed by atoms with Gasteiger partial charge in [-0.25, -0.2) is 4.98 Å². The van der Waals surface area contributed by atoms with Crippen molar-refractivity contribution in [2.75, 3.05) is 31.1 Å². The van der Waals surface area contributed by atoms with Gasteiger partial charge in [-0.2, -0.15) is 0 Å². The van der Waals surface area contributed by atoms with Gasteiger partial charge in [0.15, 0.2) is 0 Å². The van der Waals surface area contributed by atoms with E-state index in [0.29, 0.717) is 6.54 Å². The van der Waals surface area contributed by atoms with Crippen molar-refractivity contribution in [3.8, 4) is 0 Å². The molecule has 0 bridgehead atoms. The summed E-state index contributed by atoms with van der Waals surface area (Å²) in [5, 5.41) is 2.16. The summed E-state index contributed by atoms with van der Waals surface area (Å²) in [4.78, 5) is 22.0. The molecule has 0 spiro atoms. The van der Waals surface area contributed by atoms with Gasteiger partial charge in [-0.15, -0.1) is 0 Å². The Morgan fingerprint density at radius 1 is 1.07 bits per heavy atom. The maximum absolute atomic E-state index is 12.8. The maximum atomic E-state index is 12.8. The molecule has 6 heteroatoms. The molecule has 1 aromatic carbocycles. The van der Waals surface area contributed by atoms with Crippen LogP contribution in [0.3, 0.4) is 0 Å². The largest absolute Gasteiger partial charge is 0.464 e. The highest BCUT2D eigenvalue weighted by molar-refractivity contribution is 5.88. The highest BCUT2D eigenvalue weighted by Gasteiger charge is 2.21. The standard InChI is InChI=1S/C22H22N4O2/c1-24-19-5-3-2-4-16(19)14-17(22(24)27)15-25-9-11-26(12-10-25)21-18-7-13-28-20(18)6-8-23-21/h2-8,13-14H,9-12,15H2,1H3. The van der Waals surface area contributed by atoms with Crippen LogP contribution in [0, 0.1) is 0 Å². The van der Waals surface area contributed by atoms with E-state index in [1.165, 1.54) is 0 Å². The molecule has 0 unspecified atom stereocenters. The Morgan fingerprint density at radius 2 is 1.89 bits per heavy atom. The minimum Gasteiger partial charge on any atom is -0.464 e. The monoisotopic (exact) mass is 374 g/mol. The summed E-state index contributed by atoms with van der Waals surface area (Å²) in [7, 11) is 1.85. The van der Waals surface area contributed by atoms with Gasteiger partial charge in [-0.1, -0.05) is 18.2 Å². The molecule has 1 aliphatic heterocycles. The van der Waals surface area contributed by atoms with E-state index in [4.69, 9.17) is 4.42 Å². The molecule has 3 aromatic heterocycles. The molecular weight excluding hydrogens is 352 g/mol. The first-order valence-electron chi connectivity index (χ1n) is 9.58. The Kier molecular flexibility index (Phi) is 4.13. The molecule has 0 saturated carbocycles. The Bertz CT molecular complexity index is 1200. The fraction of sp³-hybridized carbons (Fsp3) is 0.273. The summed E-state index contributed by atoms with van der Waals surface area (Å²) >= 11 is 0. The van der Waals surface area contributed by atoms with E-state index in [9.17, 15) is 4.79 Å². The molecule has 0 radical (unpaired) electrons. The first-order valence-corrected chi connectivity index (χ1v) is 9.58. The van der Waals surface area contributed by atoms with Crippen LogP contribution in [0.4, 0.5) is 5.82 Å². The topological polar surface area (TPSA) is 54.5 Å². The molecule has 1 fully saturated rings. The van der Waals surface area contributed by atoms with Gasteiger partial charge in [-0.05, 0) is 29.7 Å². The van der Waals surface area contributed by atoms with Crippen LogP contribution in [-0.2, 0) is 13.6 Å². The summed E-state index contributed by atoms with van der Waals surface area (Å²) in [5.41, 5.74) is 2.78. The first-order chi connectivity index (χ1) is 13.7. The second-order valence-electron chi connectivity index (χ2n) is 7.32. The lowest BCUT2D eigenvalue weighted by molar-refractivity contribution is 0.248. The van der Waals surface area contributed by atoms with E-state index >= 15 is 0 Å². The van der Waals surface area contributed by atoms with Crippen LogP contribution in [0.1, 0.15) is 5.56 Å². The number of hydrogen-bond acceptors (Lipinski definition) is 5. The zero-order valence-electron chi connectivity index (χ0n) is 15.8. The molecule has 1 saturated heterocycles. The van der Waals surface area contributed by atoms with Gasteiger partial charge >= 0.3 is 0 Å². The molecule has 0 aliphatic carbocycles. The number of hydrogen-bond donors (Lipinski definition) is 0. The van der Waals surface area contributed by atoms with E-state index in [-0.39, 0.29) is 5.56 Å². The van der Waals surface area contributed by atoms with Crippen LogP contribution >= 0.6 is 0 Å². The Morgan fingerprint density at radius 3 is 2.75 bits per heavy atom. The lowest BCUT2D eigenvalue weighted by Crippen LogP contribution is -2.47. The van der Waals surface area contributed by atoms with Gasteiger partial charge in [0.2, 0.25) is 0 Å². The van der Waals surface area contributed by atoms with Gasteiger partial charge < -0.3 is 13.9 Å². The number of pyridine rings is 2. The van der Waals surface area contributed by atoms with Gasteiger partial charge in [0.1, 0.15) is 11.4 Å². The summed E-state index contributed by atoms with van der Waals surface area (Å²) < 4.78 is 7.25. The van der Waals surface area contributed by atoms with E-state index in [1.807, 2.05) is 43.4 Å². The zero-order chi connectivity index (χ0) is 19.1. The van der Waals surface area contributed by atoms with E-state index < -0.39 is 0 Å². The molecule has 1 aliphatic rings. The lowest BCUT2D eigenvalue weighted by Gasteiger charge is -2.35. The number of fused-ring (bicyclic) bond motifs is 2. The van der Waals surface area contributed by atoms with Crippen LogP contribution in [0.25, 0.3) is 21.9 Å². The van der Waals surface area contributed by atoms with Gasteiger partial charge in [0.05, 0.1) is 17.2 Å². The number of anilines is 1. The number of rotatable bonds is 3. The minimum atomic E-state index is 0.0889. The number of furan rings is 1. The molecule has 4 heterocycles. The Labute approximate surface area is 162 Å². The fourth-order valence-corrected chi connectivity index (χ4v) is 4.09. The maximum Gasteiger partial charge on any atom is 0.255 e. The fourth-order valence-electron chi connectivity index (χ4n) is 4.09. The minimum absolute atomic E-state index is 0.0889. The van der Waals surface area contributed by atoms with Crippen LogP contribution in [-0.4, -0.2) is 40.6 Å². The van der Waals surface area contributed by atoms with Crippen molar-refractivity contribution >= 4 is 27.7 Å². The van der Waals surface area contributed by atoms with Gasteiger partial charge in [0, 0.05) is 51.5 Å². The predicted octanol–water partition coefficient (Wildman–Crippen LogP) is 3.00. The smallest absolute Gasteiger partial charge is 0.255 e. The van der Waals surface area contributed by atoms with Crippen molar-refractivity contribution in [3.05, 3.63) is 70.8 Å². The van der Waals surface area contributed by atoms with E-state index in [1.54, 1.807) is 17.0 Å². The third kappa shape index (κ3) is 2.86. The average molecular weight is 374 g/mol.